The molecule has 0 aromatic heterocycles. The van der Waals surface area contributed by atoms with Gasteiger partial charge >= 0.3 is 0 Å². The molecule has 0 atom stereocenters. The molecule has 0 aromatic rings. The molecule has 15 heavy (non-hydrogen) atoms. The summed E-state index contributed by atoms with van der Waals surface area (Å²) in [6, 6.07) is 0. The van der Waals surface area contributed by atoms with Crippen molar-refractivity contribution in [2.45, 2.75) is 33.1 Å². The molecule has 0 heterocycles. The Kier molecular flexibility index (Phi) is 10.7. The first-order valence-corrected chi connectivity index (χ1v) is 5.56. The van der Waals surface area contributed by atoms with Gasteiger partial charge in [-0.05, 0) is 33.2 Å². The Labute approximate surface area is 94.1 Å². The smallest absolute Gasteiger partial charge is 0.0587 e. The fourth-order valence-electron chi connectivity index (χ4n) is 1.21. The molecule has 0 aliphatic carbocycles. The van der Waals surface area contributed by atoms with Crippen LogP contribution in [0.15, 0.2) is 11.6 Å². The summed E-state index contributed by atoms with van der Waals surface area (Å²) in [5.74, 6) is 5.98. The third-order valence-electron chi connectivity index (χ3n) is 2.12. The highest BCUT2D eigenvalue weighted by Gasteiger charge is 1.89. The zero-order valence-corrected chi connectivity index (χ0v) is 10.2. The number of hydrogen-bond acceptors (Lipinski definition) is 2. The molecular weight excluding hydrogens is 186 g/mol. The van der Waals surface area contributed by atoms with Gasteiger partial charge in [0.25, 0.3) is 0 Å². The van der Waals surface area contributed by atoms with Crippen LogP contribution in [0.3, 0.4) is 0 Å². The summed E-state index contributed by atoms with van der Waals surface area (Å²) in [5.41, 5.74) is 1.44. The molecule has 0 fully saturated rings. The minimum Gasteiger partial charge on any atom is -0.383 e. The summed E-state index contributed by atoms with van der Waals surface area (Å²) in [6.45, 7) is 6.81. The summed E-state index contributed by atoms with van der Waals surface area (Å²) in [5, 5.41) is 3.31. The van der Waals surface area contributed by atoms with Crippen LogP contribution in [0.5, 0.6) is 0 Å². The lowest BCUT2D eigenvalue weighted by Gasteiger charge is -2.02. The maximum absolute atomic E-state index is 4.94. The Morgan fingerprint density at radius 1 is 1.40 bits per heavy atom. The van der Waals surface area contributed by atoms with Crippen molar-refractivity contribution in [1.82, 2.24) is 5.32 Å². The molecule has 2 nitrogen and oxygen atoms in total. The minimum absolute atomic E-state index is 0.786. The largest absolute Gasteiger partial charge is 0.383 e. The Bertz CT molecular complexity index is 222. The van der Waals surface area contributed by atoms with E-state index in [0.29, 0.717) is 0 Å². The Morgan fingerprint density at radius 2 is 2.20 bits per heavy atom. The second kappa shape index (κ2) is 11.3. The van der Waals surface area contributed by atoms with Gasteiger partial charge in [0.05, 0.1) is 6.61 Å². The van der Waals surface area contributed by atoms with Gasteiger partial charge in [-0.2, -0.15) is 0 Å². The monoisotopic (exact) mass is 209 g/mol. The average Bonchev–Trinajstić information content (AvgIpc) is 2.23. The number of hydrogen-bond donors (Lipinski definition) is 1. The predicted molar refractivity (Wildman–Crippen MR) is 65.8 cm³/mol. The molecule has 0 spiro atoms. The zero-order chi connectivity index (χ0) is 11.4. The first-order chi connectivity index (χ1) is 7.31. The van der Waals surface area contributed by atoms with Crippen molar-refractivity contribution in [3.8, 4) is 11.8 Å². The van der Waals surface area contributed by atoms with E-state index in [1.165, 1.54) is 5.57 Å². The van der Waals surface area contributed by atoms with Gasteiger partial charge in [-0.3, -0.25) is 0 Å². The third-order valence-corrected chi connectivity index (χ3v) is 2.12. The maximum Gasteiger partial charge on any atom is 0.0587 e. The summed E-state index contributed by atoms with van der Waals surface area (Å²) in [7, 11) is 1.72. The van der Waals surface area contributed by atoms with Crippen molar-refractivity contribution < 1.29 is 4.74 Å². The van der Waals surface area contributed by atoms with Gasteiger partial charge in [-0.1, -0.05) is 11.6 Å². The van der Waals surface area contributed by atoms with E-state index in [-0.39, 0.29) is 0 Å². The zero-order valence-electron chi connectivity index (χ0n) is 10.2. The Morgan fingerprint density at radius 3 is 2.87 bits per heavy atom. The van der Waals surface area contributed by atoms with E-state index in [4.69, 9.17) is 4.74 Å². The number of rotatable bonds is 8. The maximum atomic E-state index is 4.94. The molecule has 0 aliphatic rings. The number of ether oxygens (including phenoxy) is 1. The molecule has 1 N–H and O–H groups in total. The van der Waals surface area contributed by atoms with E-state index in [1.54, 1.807) is 7.11 Å². The molecule has 0 aliphatic heterocycles. The molecule has 0 saturated carbocycles. The fraction of sp³-hybridized carbons (Fsp3) is 0.692. The lowest BCUT2D eigenvalue weighted by molar-refractivity contribution is 0.199. The second-order valence-electron chi connectivity index (χ2n) is 3.51. The van der Waals surface area contributed by atoms with Crippen LogP contribution in [0.2, 0.25) is 0 Å². The van der Waals surface area contributed by atoms with E-state index in [9.17, 15) is 0 Å². The molecule has 2 heteroatoms. The lowest BCUT2D eigenvalue weighted by Crippen LogP contribution is -2.19. The third kappa shape index (κ3) is 11.1. The molecule has 0 amide bonds. The highest BCUT2D eigenvalue weighted by molar-refractivity contribution is 5.03. The van der Waals surface area contributed by atoms with Gasteiger partial charge in [0.15, 0.2) is 0 Å². The summed E-state index contributed by atoms with van der Waals surface area (Å²) in [4.78, 5) is 0. The van der Waals surface area contributed by atoms with Crippen molar-refractivity contribution in [3.05, 3.63) is 11.6 Å². The van der Waals surface area contributed by atoms with Gasteiger partial charge in [0.2, 0.25) is 0 Å². The summed E-state index contributed by atoms with van der Waals surface area (Å²) < 4.78 is 4.94. The van der Waals surface area contributed by atoms with Crippen molar-refractivity contribution in [3.63, 3.8) is 0 Å². The van der Waals surface area contributed by atoms with E-state index < -0.39 is 0 Å². The van der Waals surface area contributed by atoms with Crippen molar-refractivity contribution in [1.29, 1.82) is 0 Å². The molecular formula is C13H23NO. The minimum atomic E-state index is 0.786. The van der Waals surface area contributed by atoms with Crippen molar-refractivity contribution >= 4 is 0 Å². The standard InChI is InChI=1S/C13H23NO/c1-4-5-6-8-13(2)9-7-10-14-11-12-15-3/h9,14H,6-8,10-12H2,1-3H3/b13-9-. The normalized spacial score (nSPS) is 11.0. The lowest BCUT2D eigenvalue weighted by atomic mass is 10.1. The van der Waals surface area contributed by atoms with Crippen LogP contribution in [-0.2, 0) is 4.74 Å². The molecule has 0 radical (unpaired) electrons. The van der Waals surface area contributed by atoms with Crippen LogP contribution >= 0.6 is 0 Å². The molecule has 0 unspecified atom stereocenters. The van der Waals surface area contributed by atoms with Crippen LogP contribution in [0.4, 0.5) is 0 Å². The average molecular weight is 209 g/mol. The highest BCUT2D eigenvalue weighted by atomic mass is 16.5. The quantitative estimate of drug-likeness (QED) is 0.376. The predicted octanol–water partition coefficient (Wildman–Crippen LogP) is 2.36. The molecule has 86 valence electrons. The van der Waals surface area contributed by atoms with Gasteiger partial charge in [0.1, 0.15) is 0 Å². The molecule has 0 saturated heterocycles. The van der Waals surface area contributed by atoms with E-state index in [2.05, 4.69) is 30.2 Å². The van der Waals surface area contributed by atoms with E-state index in [1.807, 2.05) is 6.92 Å². The van der Waals surface area contributed by atoms with Crippen LogP contribution < -0.4 is 5.32 Å². The van der Waals surface area contributed by atoms with Crippen LogP contribution in [0.25, 0.3) is 0 Å². The number of nitrogens with one attached hydrogen (secondary N) is 1. The SMILES string of the molecule is CC#CCC/C(C)=C\CCNCCOC. The van der Waals surface area contributed by atoms with Gasteiger partial charge in [-0.25, -0.2) is 0 Å². The highest BCUT2D eigenvalue weighted by Crippen LogP contribution is 2.03. The fourth-order valence-corrected chi connectivity index (χ4v) is 1.21. The summed E-state index contributed by atoms with van der Waals surface area (Å²) >= 11 is 0. The topological polar surface area (TPSA) is 21.3 Å². The number of methoxy groups -OCH3 is 1. The van der Waals surface area contributed by atoms with Crippen molar-refractivity contribution in [2.24, 2.45) is 0 Å². The Hall–Kier alpha value is -0.780. The second-order valence-corrected chi connectivity index (χ2v) is 3.51. The molecule has 0 aromatic carbocycles. The first kappa shape index (κ1) is 14.2. The van der Waals surface area contributed by atoms with E-state index >= 15 is 0 Å². The van der Waals surface area contributed by atoms with E-state index in [0.717, 1.165) is 39.0 Å². The number of allylic oxidation sites excluding steroid dienone is 1. The van der Waals surface area contributed by atoms with Crippen molar-refractivity contribution in [2.75, 3.05) is 26.8 Å². The van der Waals surface area contributed by atoms with Gasteiger partial charge in [0, 0.05) is 20.1 Å². The summed E-state index contributed by atoms with van der Waals surface area (Å²) in [6.07, 6.45) is 5.46. The van der Waals surface area contributed by atoms with Crippen LogP contribution in [0, 0.1) is 11.8 Å². The van der Waals surface area contributed by atoms with Crippen LogP contribution in [0.1, 0.15) is 33.1 Å². The van der Waals surface area contributed by atoms with Gasteiger partial charge in [-0.15, -0.1) is 11.8 Å². The molecule has 0 bridgehead atoms. The van der Waals surface area contributed by atoms with Gasteiger partial charge < -0.3 is 10.1 Å². The van der Waals surface area contributed by atoms with Crippen LogP contribution in [-0.4, -0.2) is 26.8 Å². The molecule has 0 rings (SSSR count). The Balaban J connectivity index is 3.36. The first-order valence-electron chi connectivity index (χ1n) is 5.56.